The Hall–Kier alpha value is -0.980. The highest BCUT2D eigenvalue weighted by Crippen LogP contribution is 2.22. The van der Waals surface area contributed by atoms with E-state index in [0.29, 0.717) is 5.13 Å². The van der Waals surface area contributed by atoms with Crippen LogP contribution in [0.25, 0.3) is 0 Å². The van der Waals surface area contributed by atoms with Crippen molar-refractivity contribution in [3.8, 4) is 0 Å². The quantitative estimate of drug-likeness (QED) is 0.925. The van der Waals surface area contributed by atoms with Crippen LogP contribution in [-0.2, 0) is 4.79 Å². The van der Waals surface area contributed by atoms with Crippen molar-refractivity contribution in [2.24, 2.45) is 0 Å². The highest BCUT2D eigenvalue weighted by atomic mass is 32.1. The molecule has 1 N–H and O–H groups in total. The number of rotatable bonds is 4. The monoisotopic (exact) mass is 322 g/mol. The van der Waals surface area contributed by atoms with Crippen LogP contribution in [0.5, 0.6) is 0 Å². The van der Waals surface area contributed by atoms with Gasteiger partial charge in [0.25, 0.3) is 0 Å². The summed E-state index contributed by atoms with van der Waals surface area (Å²) in [5.74, 6) is 0.0615. The predicted octanol–water partition coefficient (Wildman–Crippen LogP) is 2.42. The first-order valence-corrected chi connectivity index (χ1v) is 9.30. The van der Waals surface area contributed by atoms with Crippen molar-refractivity contribution in [3.05, 3.63) is 11.6 Å². The second kappa shape index (κ2) is 7.53. The SMILES string of the molecule is CC(C(=O)Nc1nccs1)N1CCC(N2CCCCC2)CC1. The summed E-state index contributed by atoms with van der Waals surface area (Å²) in [5, 5.41) is 5.48. The first-order valence-electron chi connectivity index (χ1n) is 8.42. The van der Waals surface area contributed by atoms with Crippen LogP contribution in [0.15, 0.2) is 11.6 Å². The van der Waals surface area contributed by atoms with E-state index in [1.807, 2.05) is 12.3 Å². The molecule has 0 aliphatic carbocycles. The average molecular weight is 322 g/mol. The van der Waals surface area contributed by atoms with Crippen LogP contribution in [0.3, 0.4) is 0 Å². The molecule has 0 spiro atoms. The highest BCUT2D eigenvalue weighted by Gasteiger charge is 2.29. The Balaban J connectivity index is 1.46. The molecule has 0 saturated carbocycles. The zero-order chi connectivity index (χ0) is 15.4. The summed E-state index contributed by atoms with van der Waals surface area (Å²) < 4.78 is 0. The molecule has 0 radical (unpaired) electrons. The lowest BCUT2D eigenvalue weighted by atomic mass is 9.99. The van der Waals surface area contributed by atoms with Gasteiger partial charge in [-0.25, -0.2) is 4.98 Å². The Morgan fingerprint density at radius 3 is 2.64 bits per heavy atom. The number of carbonyl (C=O) groups is 1. The minimum Gasteiger partial charge on any atom is -0.301 e. The molecule has 122 valence electrons. The number of nitrogens with one attached hydrogen (secondary N) is 1. The Kier molecular flexibility index (Phi) is 5.44. The minimum atomic E-state index is -0.0776. The smallest absolute Gasteiger partial charge is 0.243 e. The molecule has 2 aliphatic heterocycles. The fraction of sp³-hybridized carbons (Fsp3) is 0.750. The summed E-state index contributed by atoms with van der Waals surface area (Å²) in [7, 11) is 0. The molecule has 3 rings (SSSR count). The molecule has 3 heterocycles. The van der Waals surface area contributed by atoms with Gasteiger partial charge in [0.15, 0.2) is 5.13 Å². The number of thiazole rings is 1. The Labute approximate surface area is 136 Å². The zero-order valence-corrected chi connectivity index (χ0v) is 14.1. The van der Waals surface area contributed by atoms with Crippen LogP contribution in [0.4, 0.5) is 5.13 Å². The molecule has 2 fully saturated rings. The highest BCUT2D eigenvalue weighted by molar-refractivity contribution is 7.13. The van der Waals surface area contributed by atoms with Crippen LogP contribution >= 0.6 is 11.3 Å². The van der Waals surface area contributed by atoms with E-state index >= 15 is 0 Å². The van der Waals surface area contributed by atoms with Crippen molar-refractivity contribution in [3.63, 3.8) is 0 Å². The van der Waals surface area contributed by atoms with Gasteiger partial charge in [0, 0.05) is 30.7 Å². The summed E-state index contributed by atoms with van der Waals surface area (Å²) in [6.45, 7) is 6.58. The number of likely N-dealkylation sites (tertiary alicyclic amines) is 2. The molecule has 5 nitrogen and oxygen atoms in total. The summed E-state index contributed by atoms with van der Waals surface area (Å²) in [5.41, 5.74) is 0. The maximum atomic E-state index is 12.3. The Bertz CT molecular complexity index is 465. The van der Waals surface area contributed by atoms with Gasteiger partial charge in [0.2, 0.25) is 5.91 Å². The lowest BCUT2D eigenvalue weighted by Crippen LogP contribution is -2.51. The van der Waals surface area contributed by atoms with Gasteiger partial charge in [-0.15, -0.1) is 11.3 Å². The molecule has 0 aromatic carbocycles. The molecule has 1 atom stereocenters. The lowest BCUT2D eigenvalue weighted by molar-refractivity contribution is -0.121. The fourth-order valence-electron chi connectivity index (χ4n) is 3.58. The summed E-state index contributed by atoms with van der Waals surface area (Å²) in [6, 6.07) is 0.650. The number of piperidine rings is 2. The van der Waals surface area contributed by atoms with E-state index in [1.165, 1.54) is 56.5 Å². The van der Waals surface area contributed by atoms with Crippen molar-refractivity contribution >= 4 is 22.4 Å². The van der Waals surface area contributed by atoms with Gasteiger partial charge >= 0.3 is 0 Å². The average Bonchev–Trinajstić information content (AvgIpc) is 3.08. The van der Waals surface area contributed by atoms with Crippen molar-refractivity contribution in [2.45, 2.75) is 51.1 Å². The van der Waals surface area contributed by atoms with E-state index in [-0.39, 0.29) is 11.9 Å². The predicted molar refractivity (Wildman–Crippen MR) is 90.2 cm³/mol. The Morgan fingerprint density at radius 2 is 2.00 bits per heavy atom. The van der Waals surface area contributed by atoms with Gasteiger partial charge in [-0.05, 0) is 45.7 Å². The Morgan fingerprint density at radius 1 is 1.27 bits per heavy atom. The first kappa shape index (κ1) is 15.9. The fourth-order valence-corrected chi connectivity index (χ4v) is 4.11. The number of hydrogen-bond donors (Lipinski definition) is 1. The third-order valence-corrected chi connectivity index (χ3v) is 5.68. The topological polar surface area (TPSA) is 48.5 Å². The molecule has 1 aromatic heterocycles. The van der Waals surface area contributed by atoms with E-state index < -0.39 is 0 Å². The summed E-state index contributed by atoms with van der Waals surface area (Å²) >= 11 is 1.47. The van der Waals surface area contributed by atoms with E-state index in [2.05, 4.69) is 20.1 Å². The van der Waals surface area contributed by atoms with Crippen LogP contribution in [0, 0.1) is 0 Å². The maximum absolute atomic E-state index is 12.3. The van der Waals surface area contributed by atoms with Gasteiger partial charge in [-0.1, -0.05) is 6.42 Å². The molecule has 2 saturated heterocycles. The van der Waals surface area contributed by atoms with Crippen molar-refractivity contribution in [1.29, 1.82) is 0 Å². The number of carbonyl (C=O) groups excluding carboxylic acids is 1. The van der Waals surface area contributed by atoms with Crippen LogP contribution < -0.4 is 5.32 Å². The number of aromatic nitrogens is 1. The van der Waals surface area contributed by atoms with Crippen LogP contribution in [0.1, 0.15) is 39.0 Å². The number of hydrogen-bond acceptors (Lipinski definition) is 5. The number of amides is 1. The zero-order valence-electron chi connectivity index (χ0n) is 13.3. The molecular weight excluding hydrogens is 296 g/mol. The van der Waals surface area contributed by atoms with E-state index in [9.17, 15) is 4.79 Å². The second-order valence-electron chi connectivity index (χ2n) is 6.37. The normalized spacial score (nSPS) is 23.3. The van der Waals surface area contributed by atoms with E-state index in [0.717, 1.165) is 19.1 Å². The molecule has 6 heteroatoms. The molecule has 22 heavy (non-hydrogen) atoms. The largest absolute Gasteiger partial charge is 0.301 e. The molecule has 0 bridgehead atoms. The van der Waals surface area contributed by atoms with E-state index in [4.69, 9.17) is 0 Å². The summed E-state index contributed by atoms with van der Waals surface area (Å²) in [6.07, 6.45) is 8.20. The standard InChI is InChI=1S/C16H26N4OS/c1-13(15(21)18-16-17-7-12-22-16)19-10-5-14(6-11-19)20-8-3-2-4-9-20/h7,12-14H,2-6,8-11H2,1H3,(H,17,18,21). The third kappa shape index (κ3) is 3.86. The third-order valence-electron chi connectivity index (χ3n) is 5.00. The molecule has 1 aromatic rings. The van der Waals surface area contributed by atoms with E-state index in [1.54, 1.807) is 6.20 Å². The lowest BCUT2D eigenvalue weighted by Gasteiger charge is -2.41. The van der Waals surface area contributed by atoms with Crippen LogP contribution in [-0.4, -0.2) is 59.0 Å². The van der Waals surface area contributed by atoms with Crippen molar-refractivity contribution < 1.29 is 4.79 Å². The molecule has 1 unspecified atom stereocenters. The molecule has 2 aliphatic rings. The molecular formula is C16H26N4OS. The second-order valence-corrected chi connectivity index (χ2v) is 7.26. The van der Waals surface area contributed by atoms with Gasteiger partial charge in [-0.3, -0.25) is 9.69 Å². The van der Waals surface area contributed by atoms with Gasteiger partial charge < -0.3 is 10.2 Å². The van der Waals surface area contributed by atoms with Crippen molar-refractivity contribution in [1.82, 2.24) is 14.8 Å². The minimum absolute atomic E-state index is 0.0615. The molecule has 1 amide bonds. The first-order chi connectivity index (χ1) is 10.7. The van der Waals surface area contributed by atoms with Gasteiger partial charge in [0.05, 0.1) is 6.04 Å². The number of nitrogens with zero attached hydrogens (tertiary/aromatic N) is 3. The van der Waals surface area contributed by atoms with Gasteiger partial charge in [0.1, 0.15) is 0 Å². The maximum Gasteiger partial charge on any atom is 0.243 e. The number of anilines is 1. The summed E-state index contributed by atoms with van der Waals surface area (Å²) in [4.78, 5) is 21.4. The van der Waals surface area contributed by atoms with Crippen LogP contribution in [0.2, 0.25) is 0 Å². The van der Waals surface area contributed by atoms with Gasteiger partial charge in [-0.2, -0.15) is 0 Å². The van der Waals surface area contributed by atoms with Crippen molar-refractivity contribution in [2.75, 3.05) is 31.5 Å².